The van der Waals surface area contributed by atoms with E-state index in [2.05, 4.69) is 13.1 Å². The summed E-state index contributed by atoms with van der Waals surface area (Å²) in [4.78, 5) is 0.368. The van der Waals surface area contributed by atoms with E-state index in [9.17, 15) is 8.42 Å². The molecule has 104 valence electrons. The quantitative estimate of drug-likeness (QED) is 0.927. The Morgan fingerprint density at radius 1 is 1.37 bits per heavy atom. The fraction of sp³-hybridized carbons (Fsp3) is 0.429. The van der Waals surface area contributed by atoms with Gasteiger partial charge in [-0.15, -0.1) is 0 Å². The molecule has 1 aromatic heterocycles. The van der Waals surface area contributed by atoms with Crippen LogP contribution in [0, 0.1) is 5.92 Å². The molecule has 0 spiro atoms. The van der Waals surface area contributed by atoms with E-state index in [1.807, 2.05) is 17.7 Å². The van der Waals surface area contributed by atoms with E-state index in [-0.39, 0.29) is 0 Å². The van der Waals surface area contributed by atoms with Crippen molar-refractivity contribution in [2.75, 3.05) is 12.8 Å². The predicted octanol–water partition coefficient (Wildman–Crippen LogP) is 1.72. The van der Waals surface area contributed by atoms with Crippen LogP contribution in [0.3, 0.4) is 0 Å². The summed E-state index contributed by atoms with van der Waals surface area (Å²) in [6, 6.07) is 5.29. The largest absolute Gasteiger partial charge is 0.350 e. The van der Waals surface area contributed by atoms with Crippen molar-refractivity contribution in [3.63, 3.8) is 0 Å². The zero-order valence-corrected chi connectivity index (χ0v) is 12.4. The molecular weight excluding hydrogens is 260 g/mol. The van der Waals surface area contributed by atoms with Crippen LogP contribution in [0.2, 0.25) is 0 Å². The first-order chi connectivity index (χ1) is 8.82. The van der Waals surface area contributed by atoms with E-state index >= 15 is 0 Å². The molecule has 0 amide bonds. The summed E-state index contributed by atoms with van der Waals surface area (Å²) in [5, 5.41) is 1.01. The lowest BCUT2D eigenvalue weighted by atomic mass is 10.0. The first kappa shape index (κ1) is 14.1. The van der Waals surface area contributed by atoms with Gasteiger partial charge in [0.15, 0.2) is 9.84 Å². The molecule has 0 aliphatic rings. The minimum Gasteiger partial charge on any atom is -0.350 e. The van der Waals surface area contributed by atoms with E-state index in [1.165, 1.54) is 6.26 Å². The van der Waals surface area contributed by atoms with Crippen LogP contribution in [0.4, 0.5) is 0 Å². The molecule has 2 N–H and O–H groups in total. The number of aromatic nitrogens is 1. The molecule has 0 aliphatic heterocycles. The summed E-state index contributed by atoms with van der Waals surface area (Å²) in [6.07, 6.45) is 4.16. The molecule has 19 heavy (non-hydrogen) atoms. The molecule has 4 nitrogen and oxygen atoms in total. The Morgan fingerprint density at radius 3 is 2.63 bits per heavy atom. The fourth-order valence-corrected chi connectivity index (χ4v) is 2.95. The van der Waals surface area contributed by atoms with Gasteiger partial charge in [-0.3, -0.25) is 0 Å². The summed E-state index contributed by atoms with van der Waals surface area (Å²) >= 11 is 0. The molecule has 0 fully saturated rings. The number of nitrogens with two attached hydrogens (primary N) is 1. The van der Waals surface area contributed by atoms with Gasteiger partial charge in [-0.05, 0) is 42.6 Å². The van der Waals surface area contributed by atoms with Gasteiger partial charge in [-0.1, -0.05) is 6.92 Å². The van der Waals surface area contributed by atoms with E-state index < -0.39 is 9.84 Å². The fourth-order valence-electron chi connectivity index (χ4n) is 2.30. The van der Waals surface area contributed by atoms with Crippen LogP contribution >= 0.6 is 0 Å². The van der Waals surface area contributed by atoms with E-state index in [0.29, 0.717) is 17.4 Å². The zero-order chi connectivity index (χ0) is 14.2. The van der Waals surface area contributed by atoms with E-state index in [4.69, 9.17) is 5.73 Å². The second-order valence-corrected chi connectivity index (χ2v) is 7.28. The van der Waals surface area contributed by atoms with Gasteiger partial charge in [0.05, 0.1) is 4.90 Å². The molecule has 1 heterocycles. The first-order valence-electron chi connectivity index (χ1n) is 6.31. The topological polar surface area (TPSA) is 65.1 Å². The highest BCUT2D eigenvalue weighted by atomic mass is 32.2. The predicted molar refractivity (Wildman–Crippen MR) is 78.0 cm³/mol. The molecule has 5 heteroatoms. The van der Waals surface area contributed by atoms with Gasteiger partial charge in [0.25, 0.3) is 0 Å². The van der Waals surface area contributed by atoms with Crippen LogP contribution in [0.25, 0.3) is 10.9 Å². The van der Waals surface area contributed by atoms with Crippen LogP contribution in [-0.4, -0.2) is 25.8 Å². The zero-order valence-electron chi connectivity index (χ0n) is 11.6. The lowest BCUT2D eigenvalue weighted by Gasteiger charge is -2.07. The lowest BCUT2D eigenvalue weighted by molar-refractivity contribution is 0.594. The van der Waals surface area contributed by atoms with Gasteiger partial charge in [-0.2, -0.15) is 0 Å². The average Bonchev–Trinajstić information content (AvgIpc) is 2.65. The smallest absolute Gasteiger partial charge is 0.175 e. The number of nitrogens with zero attached hydrogens (tertiary/aromatic N) is 1. The third kappa shape index (κ3) is 2.82. The Morgan fingerprint density at radius 2 is 2.05 bits per heavy atom. The highest BCUT2D eigenvalue weighted by Crippen LogP contribution is 2.25. The van der Waals surface area contributed by atoms with Gasteiger partial charge in [0.1, 0.15) is 0 Å². The Balaban J connectivity index is 2.59. The lowest BCUT2D eigenvalue weighted by Crippen LogP contribution is -2.12. The number of rotatable bonds is 4. The average molecular weight is 280 g/mol. The molecular formula is C14H20N2O2S. The first-order valence-corrected chi connectivity index (χ1v) is 8.20. The van der Waals surface area contributed by atoms with Crippen LogP contribution in [0.15, 0.2) is 29.3 Å². The van der Waals surface area contributed by atoms with Crippen molar-refractivity contribution in [1.29, 1.82) is 0 Å². The second-order valence-electron chi connectivity index (χ2n) is 5.26. The monoisotopic (exact) mass is 280 g/mol. The summed E-state index contributed by atoms with van der Waals surface area (Å²) < 4.78 is 25.3. The summed E-state index contributed by atoms with van der Waals surface area (Å²) in [5.41, 5.74) is 7.87. The van der Waals surface area contributed by atoms with Crippen molar-refractivity contribution in [3.05, 3.63) is 30.0 Å². The standard InChI is InChI=1S/C14H20N2O2S/c1-10(8-15)6-11-9-16(2)14-5-4-12(7-13(11)14)19(3,17)18/h4-5,7,9-10H,6,8,15H2,1-3H3. The third-order valence-electron chi connectivity index (χ3n) is 3.44. The van der Waals surface area contributed by atoms with Crippen LogP contribution in [0.5, 0.6) is 0 Å². The van der Waals surface area contributed by atoms with Crippen LogP contribution in [-0.2, 0) is 23.3 Å². The normalized spacial score (nSPS) is 13.9. The minimum absolute atomic E-state index is 0.368. The molecule has 0 bridgehead atoms. The van der Waals surface area contributed by atoms with Gasteiger partial charge >= 0.3 is 0 Å². The number of fused-ring (bicyclic) bond motifs is 1. The molecule has 1 unspecified atom stereocenters. The highest BCUT2D eigenvalue weighted by Gasteiger charge is 2.13. The van der Waals surface area contributed by atoms with Crippen molar-refractivity contribution < 1.29 is 8.42 Å². The number of benzene rings is 1. The van der Waals surface area contributed by atoms with Crippen LogP contribution in [0.1, 0.15) is 12.5 Å². The molecule has 1 aromatic carbocycles. The Labute approximate surface area is 114 Å². The Kier molecular flexibility index (Phi) is 3.69. The molecule has 2 rings (SSSR count). The molecule has 1 atom stereocenters. The second kappa shape index (κ2) is 4.98. The van der Waals surface area contributed by atoms with Crippen molar-refractivity contribution in [3.8, 4) is 0 Å². The highest BCUT2D eigenvalue weighted by molar-refractivity contribution is 7.90. The van der Waals surface area contributed by atoms with Crippen molar-refractivity contribution in [2.24, 2.45) is 18.7 Å². The SMILES string of the molecule is CC(CN)Cc1cn(C)c2ccc(S(C)(=O)=O)cc12. The molecule has 0 saturated carbocycles. The maximum Gasteiger partial charge on any atom is 0.175 e. The van der Waals surface area contributed by atoms with Gasteiger partial charge in [0.2, 0.25) is 0 Å². The van der Waals surface area contributed by atoms with Crippen molar-refractivity contribution in [2.45, 2.75) is 18.2 Å². The maximum atomic E-state index is 11.6. The maximum absolute atomic E-state index is 11.6. The Hall–Kier alpha value is -1.33. The summed E-state index contributed by atoms with van der Waals surface area (Å²) in [6.45, 7) is 2.72. The van der Waals surface area contributed by atoms with E-state index in [0.717, 1.165) is 22.9 Å². The van der Waals surface area contributed by atoms with Gasteiger partial charge in [-0.25, -0.2) is 8.42 Å². The number of hydrogen-bond acceptors (Lipinski definition) is 3. The summed E-state index contributed by atoms with van der Waals surface area (Å²) in [5.74, 6) is 0.382. The number of hydrogen-bond donors (Lipinski definition) is 1. The molecule has 0 aliphatic carbocycles. The number of aryl methyl sites for hydroxylation is 1. The van der Waals surface area contributed by atoms with Crippen molar-refractivity contribution in [1.82, 2.24) is 4.57 Å². The molecule has 2 aromatic rings. The Bertz CT molecular complexity index is 702. The van der Waals surface area contributed by atoms with Crippen LogP contribution < -0.4 is 5.73 Å². The third-order valence-corrected chi connectivity index (χ3v) is 4.55. The molecule has 0 radical (unpaired) electrons. The summed E-state index contributed by atoms with van der Waals surface area (Å²) in [7, 11) is -1.20. The van der Waals surface area contributed by atoms with Gasteiger partial charge in [0, 0.05) is 30.4 Å². The minimum atomic E-state index is -3.17. The van der Waals surface area contributed by atoms with Gasteiger partial charge < -0.3 is 10.3 Å². The molecule has 0 saturated heterocycles. The van der Waals surface area contributed by atoms with E-state index in [1.54, 1.807) is 12.1 Å². The number of sulfone groups is 1. The van der Waals surface area contributed by atoms with Crippen molar-refractivity contribution >= 4 is 20.7 Å².